The second-order valence-corrected chi connectivity index (χ2v) is 4.83. The van der Waals surface area contributed by atoms with Crippen molar-refractivity contribution < 1.29 is 9.53 Å². The number of carbonyl (C=O) groups excluding carboxylic acids is 1. The summed E-state index contributed by atoms with van der Waals surface area (Å²) in [7, 11) is 0. The maximum Gasteiger partial charge on any atom is 0.415 e. The molecule has 1 aliphatic heterocycles. The summed E-state index contributed by atoms with van der Waals surface area (Å²) in [5, 5.41) is 0. The van der Waals surface area contributed by atoms with Crippen molar-refractivity contribution in [3.05, 3.63) is 30.3 Å². The van der Waals surface area contributed by atoms with Gasteiger partial charge in [0.1, 0.15) is 5.75 Å². The zero-order chi connectivity index (χ0) is 12.3. The molecule has 3 nitrogen and oxygen atoms in total. The van der Waals surface area contributed by atoms with Gasteiger partial charge in [0.15, 0.2) is 0 Å². The zero-order valence-electron chi connectivity index (χ0n) is 10.4. The van der Waals surface area contributed by atoms with Crippen LogP contribution in [0.4, 0.5) is 4.79 Å². The van der Waals surface area contributed by atoms with Crippen molar-refractivity contribution in [1.29, 1.82) is 0 Å². The molecule has 1 aliphatic rings. The standard InChI is InChI=1S/C14H19NO2/c1-11(2)13-9-6-10-15(13)14(16)17-12-7-4-3-5-8-12/h3-5,7-8,11,13H,6,9-10H2,1-2H3. The van der Waals surface area contributed by atoms with Crippen molar-refractivity contribution in [2.75, 3.05) is 6.54 Å². The van der Waals surface area contributed by atoms with E-state index in [0.717, 1.165) is 19.4 Å². The predicted octanol–water partition coefficient (Wildman–Crippen LogP) is 3.31. The lowest BCUT2D eigenvalue weighted by Crippen LogP contribution is -2.40. The van der Waals surface area contributed by atoms with Gasteiger partial charge >= 0.3 is 6.09 Å². The van der Waals surface area contributed by atoms with Crippen molar-refractivity contribution in [1.82, 2.24) is 4.90 Å². The van der Waals surface area contributed by atoms with E-state index in [-0.39, 0.29) is 6.09 Å². The van der Waals surface area contributed by atoms with E-state index in [1.54, 1.807) is 12.1 Å². The number of rotatable bonds is 2. The van der Waals surface area contributed by atoms with Crippen molar-refractivity contribution in [2.24, 2.45) is 5.92 Å². The normalized spacial score (nSPS) is 19.7. The summed E-state index contributed by atoms with van der Waals surface area (Å²) < 4.78 is 5.37. The van der Waals surface area contributed by atoms with Gasteiger partial charge < -0.3 is 9.64 Å². The molecule has 1 amide bonds. The highest BCUT2D eigenvalue weighted by atomic mass is 16.6. The molecule has 1 aromatic carbocycles. The van der Waals surface area contributed by atoms with Gasteiger partial charge in [0, 0.05) is 12.6 Å². The van der Waals surface area contributed by atoms with Crippen LogP contribution in [-0.2, 0) is 0 Å². The third-order valence-electron chi connectivity index (χ3n) is 3.25. The third kappa shape index (κ3) is 2.78. The SMILES string of the molecule is CC(C)C1CCCN1C(=O)Oc1ccccc1. The Labute approximate surface area is 102 Å². The number of ether oxygens (including phenoxy) is 1. The summed E-state index contributed by atoms with van der Waals surface area (Å²) in [6, 6.07) is 9.58. The first-order valence-electron chi connectivity index (χ1n) is 6.22. The number of amides is 1. The fourth-order valence-corrected chi connectivity index (χ4v) is 2.36. The van der Waals surface area contributed by atoms with E-state index in [2.05, 4.69) is 13.8 Å². The first kappa shape index (κ1) is 12.0. The van der Waals surface area contributed by atoms with Gasteiger partial charge in [-0.1, -0.05) is 32.0 Å². The smallest absolute Gasteiger partial charge is 0.410 e. The number of carbonyl (C=O) groups is 1. The lowest BCUT2D eigenvalue weighted by molar-refractivity contribution is 0.136. The largest absolute Gasteiger partial charge is 0.415 e. The van der Waals surface area contributed by atoms with Crippen LogP contribution in [0.3, 0.4) is 0 Å². The quantitative estimate of drug-likeness (QED) is 0.784. The molecule has 1 unspecified atom stereocenters. The number of nitrogens with zero attached hydrogens (tertiary/aromatic N) is 1. The number of hydrogen-bond donors (Lipinski definition) is 0. The van der Waals surface area contributed by atoms with E-state index in [0.29, 0.717) is 17.7 Å². The Morgan fingerprint density at radius 2 is 2.06 bits per heavy atom. The molecule has 1 heterocycles. The minimum absolute atomic E-state index is 0.215. The summed E-state index contributed by atoms with van der Waals surface area (Å²) in [6.45, 7) is 5.12. The number of hydrogen-bond acceptors (Lipinski definition) is 2. The van der Waals surface area contributed by atoms with Gasteiger partial charge in [-0.3, -0.25) is 0 Å². The molecule has 0 saturated carbocycles. The van der Waals surface area contributed by atoms with Crippen LogP contribution in [0.1, 0.15) is 26.7 Å². The third-order valence-corrected chi connectivity index (χ3v) is 3.25. The molecule has 1 saturated heterocycles. The Morgan fingerprint density at radius 1 is 1.35 bits per heavy atom. The molecule has 0 bridgehead atoms. The molecule has 0 radical (unpaired) electrons. The van der Waals surface area contributed by atoms with Crippen molar-refractivity contribution >= 4 is 6.09 Å². The van der Waals surface area contributed by atoms with Gasteiger partial charge in [0.05, 0.1) is 0 Å². The second kappa shape index (κ2) is 5.21. The topological polar surface area (TPSA) is 29.5 Å². The van der Waals surface area contributed by atoms with E-state index < -0.39 is 0 Å². The minimum atomic E-state index is -0.215. The monoisotopic (exact) mass is 233 g/mol. The fourth-order valence-electron chi connectivity index (χ4n) is 2.36. The molecule has 1 aromatic rings. The first-order valence-corrected chi connectivity index (χ1v) is 6.22. The van der Waals surface area contributed by atoms with Gasteiger partial charge in [-0.15, -0.1) is 0 Å². The van der Waals surface area contributed by atoms with Crippen molar-refractivity contribution in [2.45, 2.75) is 32.7 Å². The van der Waals surface area contributed by atoms with Gasteiger partial charge in [-0.2, -0.15) is 0 Å². The molecule has 0 N–H and O–H groups in total. The molecule has 2 rings (SSSR count). The maximum absolute atomic E-state index is 12.0. The molecule has 92 valence electrons. The van der Waals surface area contributed by atoms with Gasteiger partial charge in [-0.05, 0) is 30.9 Å². The predicted molar refractivity (Wildman–Crippen MR) is 67.0 cm³/mol. The summed E-state index contributed by atoms with van der Waals surface area (Å²) in [5.74, 6) is 1.10. The molecular formula is C14H19NO2. The molecule has 1 fully saturated rings. The Kier molecular flexibility index (Phi) is 3.67. The van der Waals surface area contributed by atoms with Gasteiger partial charge in [0.2, 0.25) is 0 Å². The van der Waals surface area contributed by atoms with Crippen LogP contribution in [-0.4, -0.2) is 23.6 Å². The molecule has 0 aromatic heterocycles. The lowest BCUT2D eigenvalue weighted by atomic mass is 10.0. The van der Waals surface area contributed by atoms with Crippen LogP contribution in [0, 0.1) is 5.92 Å². The minimum Gasteiger partial charge on any atom is -0.410 e. The van der Waals surface area contributed by atoms with Crippen LogP contribution >= 0.6 is 0 Å². The lowest BCUT2D eigenvalue weighted by Gasteiger charge is -2.26. The van der Waals surface area contributed by atoms with Crippen molar-refractivity contribution in [3.63, 3.8) is 0 Å². The molecule has 1 atom stereocenters. The fraction of sp³-hybridized carbons (Fsp3) is 0.500. The summed E-state index contributed by atoms with van der Waals surface area (Å²) in [4.78, 5) is 13.9. The van der Waals surface area contributed by atoms with Gasteiger partial charge in [-0.25, -0.2) is 4.79 Å². The van der Waals surface area contributed by atoms with Crippen molar-refractivity contribution in [3.8, 4) is 5.75 Å². The van der Waals surface area contributed by atoms with Crippen LogP contribution in [0.5, 0.6) is 5.75 Å². The highest BCUT2D eigenvalue weighted by molar-refractivity contribution is 5.71. The maximum atomic E-state index is 12.0. The summed E-state index contributed by atoms with van der Waals surface area (Å²) in [5.41, 5.74) is 0. The highest BCUT2D eigenvalue weighted by Gasteiger charge is 2.31. The molecule has 17 heavy (non-hydrogen) atoms. The van der Waals surface area contributed by atoms with E-state index in [1.807, 2.05) is 23.1 Å². The first-order chi connectivity index (χ1) is 8.18. The Balaban J connectivity index is 2.00. The van der Waals surface area contributed by atoms with E-state index in [1.165, 1.54) is 0 Å². The average molecular weight is 233 g/mol. The van der Waals surface area contributed by atoms with Crippen LogP contribution in [0.2, 0.25) is 0 Å². The van der Waals surface area contributed by atoms with Crippen LogP contribution in [0.15, 0.2) is 30.3 Å². The van der Waals surface area contributed by atoms with E-state index in [4.69, 9.17) is 4.74 Å². The molecular weight excluding hydrogens is 214 g/mol. The highest BCUT2D eigenvalue weighted by Crippen LogP contribution is 2.24. The molecule has 0 aliphatic carbocycles. The number of likely N-dealkylation sites (tertiary alicyclic amines) is 1. The average Bonchev–Trinajstić information content (AvgIpc) is 2.79. The van der Waals surface area contributed by atoms with Crippen LogP contribution < -0.4 is 4.74 Å². The van der Waals surface area contributed by atoms with Crippen LogP contribution in [0.25, 0.3) is 0 Å². The zero-order valence-corrected chi connectivity index (χ0v) is 10.4. The Bertz CT molecular complexity index is 375. The molecule has 0 spiro atoms. The summed E-state index contributed by atoms with van der Waals surface area (Å²) in [6.07, 6.45) is 1.95. The Morgan fingerprint density at radius 3 is 2.71 bits per heavy atom. The second-order valence-electron chi connectivity index (χ2n) is 4.83. The Hall–Kier alpha value is -1.51. The van der Waals surface area contributed by atoms with E-state index in [9.17, 15) is 4.79 Å². The molecule has 3 heteroatoms. The van der Waals surface area contributed by atoms with E-state index >= 15 is 0 Å². The summed E-state index contributed by atoms with van der Waals surface area (Å²) >= 11 is 0. The van der Waals surface area contributed by atoms with Gasteiger partial charge in [0.25, 0.3) is 0 Å². The number of benzene rings is 1. The number of para-hydroxylation sites is 1.